The fourth-order valence-electron chi connectivity index (χ4n) is 2.99. The van der Waals surface area contributed by atoms with Crippen LogP contribution in [0.4, 0.5) is 0 Å². The van der Waals surface area contributed by atoms with Crippen molar-refractivity contribution in [2.45, 2.75) is 45.3 Å². The highest BCUT2D eigenvalue weighted by Gasteiger charge is 2.28. The molecule has 5 nitrogen and oxygen atoms in total. The van der Waals surface area contributed by atoms with Gasteiger partial charge in [-0.25, -0.2) is 4.68 Å². The minimum atomic E-state index is -0.519. The number of aromatic nitrogens is 2. The first kappa shape index (κ1) is 15.6. The summed E-state index contributed by atoms with van der Waals surface area (Å²) in [5.41, 5.74) is 0.964. The molecule has 1 aromatic carbocycles. The van der Waals surface area contributed by atoms with Crippen LogP contribution in [0.3, 0.4) is 0 Å². The minimum absolute atomic E-state index is 0.0476. The van der Waals surface area contributed by atoms with E-state index in [-0.39, 0.29) is 5.91 Å². The van der Waals surface area contributed by atoms with Crippen molar-refractivity contribution >= 4 is 5.91 Å². The third kappa shape index (κ3) is 3.55. The lowest BCUT2D eigenvalue weighted by molar-refractivity contribution is -0.141. The van der Waals surface area contributed by atoms with E-state index in [1.165, 1.54) is 6.42 Å². The molecule has 1 amide bonds. The minimum Gasteiger partial charge on any atom is -0.463 e. The Morgan fingerprint density at radius 1 is 1.26 bits per heavy atom. The van der Waals surface area contributed by atoms with Gasteiger partial charge in [0.15, 0.2) is 6.10 Å². The summed E-state index contributed by atoms with van der Waals surface area (Å²) in [6, 6.07) is 11.9. The van der Waals surface area contributed by atoms with E-state index in [0.717, 1.165) is 25.1 Å². The highest BCUT2D eigenvalue weighted by Crippen LogP contribution is 2.19. The standard InChI is InChI=1S/C18H23N3O2/c1-14-8-6-7-12-20(14)18(22)15(2)23-17-11-13-21(19-17)16-9-4-3-5-10-16/h3-5,9-11,13-15H,6-8,12H2,1-2H3. The quantitative estimate of drug-likeness (QED) is 0.871. The SMILES string of the molecule is CC(Oc1ccn(-c2ccccc2)n1)C(=O)N1CCCCC1C. The summed E-state index contributed by atoms with van der Waals surface area (Å²) < 4.78 is 7.50. The largest absolute Gasteiger partial charge is 0.463 e. The fraction of sp³-hybridized carbons (Fsp3) is 0.444. The molecule has 2 aromatic rings. The van der Waals surface area contributed by atoms with E-state index in [1.807, 2.05) is 41.4 Å². The van der Waals surface area contributed by atoms with Crippen LogP contribution >= 0.6 is 0 Å². The summed E-state index contributed by atoms with van der Waals surface area (Å²) >= 11 is 0. The lowest BCUT2D eigenvalue weighted by atomic mass is 10.0. The van der Waals surface area contributed by atoms with Gasteiger partial charge in [-0.1, -0.05) is 18.2 Å². The smallest absolute Gasteiger partial charge is 0.263 e. The van der Waals surface area contributed by atoms with Crippen molar-refractivity contribution in [1.82, 2.24) is 14.7 Å². The molecule has 0 N–H and O–H groups in total. The number of hydrogen-bond donors (Lipinski definition) is 0. The highest BCUT2D eigenvalue weighted by atomic mass is 16.5. The van der Waals surface area contributed by atoms with Crippen LogP contribution in [0.15, 0.2) is 42.6 Å². The maximum atomic E-state index is 12.6. The Morgan fingerprint density at radius 3 is 2.78 bits per heavy atom. The third-order valence-electron chi connectivity index (χ3n) is 4.32. The lowest BCUT2D eigenvalue weighted by Gasteiger charge is -2.34. The van der Waals surface area contributed by atoms with Gasteiger partial charge in [-0.05, 0) is 45.2 Å². The summed E-state index contributed by atoms with van der Waals surface area (Å²) in [7, 11) is 0. The van der Waals surface area contributed by atoms with Gasteiger partial charge in [-0.3, -0.25) is 4.79 Å². The number of ether oxygens (including phenoxy) is 1. The molecule has 5 heteroatoms. The van der Waals surface area contributed by atoms with Crippen molar-refractivity contribution in [1.29, 1.82) is 0 Å². The monoisotopic (exact) mass is 313 g/mol. The van der Waals surface area contributed by atoms with Crippen molar-refractivity contribution in [3.63, 3.8) is 0 Å². The number of amides is 1. The van der Waals surface area contributed by atoms with E-state index in [0.29, 0.717) is 11.9 Å². The van der Waals surface area contributed by atoms with Crippen molar-refractivity contribution in [2.75, 3.05) is 6.54 Å². The molecule has 2 atom stereocenters. The molecule has 1 aliphatic rings. The highest BCUT2D eigenvalue weighted by molar-refractivity contribution is 5.81. The van der Waals surface area contributed by atoms with Gasteiger partial charge in [0.2, 0.25) is 5.88 Å². The van der Waals surface area contributed by atoms with E-state index in [4.69, 9.17) is 4.74 Å². The van der Waals surface area contributed by atoms with Crippen LogP contribution in [0.5, 0.6) is 5.88 Å². The summed E-state index contributed by atoms with van der Waals surface area (Å²) in [5, 5.41) is 4.39. The number of piperidine rings is 1. The molecule has 122 valence electrons. The maximum absolute atomic E-state index is 12.6. The molecule has 3 rings (SSSR count). The molecular formula is C18H23N3O2. The van der Waals surface area contributed by atoms with Crippen LogP contribution in [-0.2, 0) is 4.79 Å². The molecule has 1 saturated heterocycles. The van der Waals surface area contributed by atoms with Crippen LogP contribution in [-0.4, -0.2) is 39.3 Å². The Morgan fingerprint density at radius 2 is 2.04 bits per heavy atom. The van der Waals surface area contributed by atoms with Crippen LogP contribution in [0.2, 0.25) is 0 Å². The van der Waals surface area contributed by atoms with Gasteiger partial charge >= 0.3 is 0 Å². The van der Waals surface area contributed by atoms with Crippen molar-refractivity contribution in [2.24, 2.45) is 0 Å². The predicted octanol–water partition coefficient (Wildman–Crippen LogP) is 3.04. The zero-order valence-electron chi connectivity index (χ0n) is 13.7. The molecule has 0 aliphatic carbocycles. The maximum Gasteiger partial charge on any atom is 0.263 e. The van der Waals surface area contributed by atoms with Gasteiger partial charge in [0.05, 0.1) is 5.69 Å². The van der Waals surface area contributed by atoms with Crippen LogP contribution in [0, 0.1) is 0 Å². The van der Waals surface area contributed by atoms with E-state index >= 15 is 0 Å². The molecule has 1 aromatic heterocycles. The van der Waals surface area contributed by atoms with Gasteiger partial charge in [-0.15, -0.1) is 5.10 Å². The van der Waals surface area contributed by atoms with Crippen molar-refractivity contribution in [3.8, 4) is 11.6 Å². The number of benzene rings is 1. The second-order valence-electron chi connectivity index (χ2n) is 6.07. The molecule has 2 heterocycles. The van der Waals surface area contributed by atoms with E-state index in [2.05, 4.69) is 12.0 Å². The molecule has 0 bridgehead atoms. The molecule has 0 saturated carbocycles. The zero-order valence-corrected chi connectivity index (χ0v) is 13.7. The number of hydrogen-bond acceptors (Lipinski definition) is 3. The first-order valence-electron chi connectivity index (χ1n) is 8.23. The van der Waals surface area contributed by atoms with E-state index in [9.17, 15) is 4.79 Å². The van der Waals surface area contributed by atoms with Crippen molar-refractivity contribution < 1.29 is 9.53 Å². The van der Waals surface area contributed by atoms with Gasteiger partial charge in [0, 0.05) is 24.8 Å². The average molecular weight is 313 g/mol. The van der Waals surface area contributed by atoms with Crippen LogP contribution in [0.25, 0.3) is 5.69 Å². The topological polar surface area (TPSA) is 47.4 Å². The molecule has 2 unspecified atom stereocenters. The lowest BCUT2D eigenvalue weighted by Crippen LogP contribution is -2.47. The molecular weight excluding hydrogens is 290 g/mol. The Bertz CT molecular complexity index is 653. The Labute approximate surface area is 136 Å². The summed E-state index contributed by atoms with van der Waals surface area (Å²) in [5.74, 6) is 0.519. The van der Waals surface area contributed by atoms with E-state index < -0.39 is 6.10 Å². The van der Waals surface area contributed by atoms with Crippen LogP contribution < -0.4 is 4.74 Å². The van der Waals surface area contributed by atoms with Crippen LogP contribution in [0.1, 0.15) is 33.1 Å². The number of carbonyl (C=O) groups is 1. The Kier molecular flexibility index (Phi) is 4.65. The molecule has 0 radical (unpaired) electrons. The molecule has 1 fully saturated rings. The number of likely N-dealkylation sites (tertiary alicyclic amines) is 1. The number of rotatable bonds is 4. The zero-order chi connectivity index (χ0) is 16.2. The number of nitrogens with zero attached hydrogens (tertiary/aromatic N) is 3. The molecule has 1 aliphatic heterocycles. The van der Waals surface area contributed by atoms with Gasteiger partial charge < -0.3 is 9.64 Å². The number of carbonyl (C=O) groups excluding carboxylic acids is 1. The second-order valence-corrected chi connectivity index (χ2v) is 6.07. The van der Waals surface area contributed by atoms with Gasteiger partial charge in [-0.2, -0.15) is 0 Å². The normalized spacial score (nSPS) is 19.4. The van der Waals surface area contributed by atoms with Gasteiger partial charge in [0.25, 0.3) is 5.91 Å². The average Bonchev–Trinajstić information content (AvgIpc) is 3.04. The molecule has 23 heavy (non-hydrogen) atoms. The van der Waals surface area contributed by atoms with E-state index in [1.54, 1.807) is 17.7 Å². The van der Waals surface area contributed by atoms with Crippen molar-refractivity contribution in [3.05, 3.63) is 42.6 Å². The summed E-state index contributed by atoms with van der Waals surface area (Å²) in [6.07, 6.45) is 4.66. The van der Waals surface area contributed by atoms with Gasteiger partial charge in [0.1, 0.15) is 0 Å². The summed E-state index contributed by atoms with van der Waals surface area (Å²) in [4.78, 5) is 14.5. The predicted molar refractivity (Wildman–Crippen MR) is 88.7 cm³/mol. The Balaban J connectivity index is 1.65. The molecule has 0 spiro atoms. The second kappa shape index (κ2) is 6.86. The number of para-hydroxylation sites is 1. The fourth-order valence-corrected chi connectivity index (χ4v) is 2.99. The summed E-state index contributed by atoms with van der Waals surface area (Å²) in [6.45, 7) is 4.73. The first-order chi connectivity index (χ1) is 11.1. The third-order valence-corrected chi connectivity index (χ3v) is 4.32. The Hall–Kier alpha value is -2.30. The first-order valence-corrected chi connectivity index (χ1v) is 8.23.